The highest BCUT2D eigenvalue weighted by molar-refractivity contribution is 5.87. The van der Waals surface area contributed by atoms with E-state index in [0.29, 0.717) is 0 Å². The lowest BCUT2D eigenvalue weighted by Crippen LogP contribution is -2.30. The molecular formula is C24H26N+. The molecule has 1 heterocycles. The van der Waals surface area contributed by atoms with Crippen LogP contribution in [0.4, 0.5) is 0 Å². The minimum absolute atomic E-state index is 0.151. The van der Waals surface area contributed by atoms with Crippen LogP contribution in [0.15, 0.2) is 54.7 Å². The molecule has 0 aliphatic heterocycles. The molecule has 2 aromatic carbocycles. The third kappa shape index (κ3) is 2.18. The smallest absolute Gasteiger partial charge is 0.201 e. The van der Waals surface area contributed by atoms with Crippen LogP contribution in [0, 0.1) is 6.92 Å². The van der Waals surface area contributed by atoms with Gasteiger partial charge in [0.15, 0.2) is 6.20 Å². The summed E-state index contributed by atoms with van der Waals surface area (Å²) < 4.78 is 19.4. The number of hydrogen-bond acceptors (Lipinski definition) is 0. The van der Waals surface area contributed by atoms with Gasteiger partial charge in [0, 0.05) is 25.9 Å². The summed E-state index contributed by atoms with van der Waals surface area (Å²) >= 11 is 0. The van der Waals surface area contributed by atoms with Crippen LogP contribution < -0.4 is 4.57 Å². The average molecular weight is 330 g/mol. The predicted molar refractivity (Wildman–Crippen MR) is 105 cm³/mol. The van der Waals surface area contributed by atoms with Crippen LogP contribution >= 0.6 is 0 Å². The van der Waals surface area contributed by atoms with Crippen molar-refractivity contribution in [1.29, 1.82) is 0 Å². The molecule has 1 heteroatoms. The van der Waals surface area contributed by atoms with Gasteiger partial charge in [-0.3, -0.25) is 0 Å². The van der Waals surface area contributed by atoms with Crippen molar-refractivity contribution < 1.29 is 7.31 Å². The quantitative estimate of drug-likeness (QED) is 0.557. The number of benzene rings is 2. The Bertz CT molecular complexity index is 1060. The van der Waals surface area contributed by atoms with Crippen LogP contribution in [0.3, 0.4) is 0 Å². The van der Waals surface area contributed by atoms with Crippen LogP contribution in [0.5, 0.6) is 0 Å². The first-order valence-electron chi connectivity index (χ1n) is 9.87. The van der Waals surface area contributed by atoms with Crippen molar-refractivity contribution in [2.45, 2.75) is 39.5 Å². The van der Waals surface area contributed by atoms with Gasteiger partial charge in [-0.1, -0.05) is 45.0 Å². The van der Waals surface area contributed by atoms with E-state index in [1.165, 1.54) is 16.7 Å². The third-order valence-electron chi connectivity index (χ3n) is 5.71. The predicted octanol–water partition coefficient (Wildman–Crippen LogP) is 5.36. The van der Waals surface area contributed by atoms with Crippen LogP contribution in [-0.4, -0.2) is 0 Å². The van der Waals surface area contributed by atoms with E-state index in [1.807, 2.05) is 25.4 Å². The van der Waals surface area contributed by atoms with Gasteiger partial charge >= 0.3 is 0 Å². The SMILES string of the molecule is [2H]C([2H])(C)c1c(C)c(-c2cccc[n+]2C)cc2c1-c1ccccc1C2(C)C. The second-order valence-corrected chi connectivity index (χ2v) is 7.46. The first kappa shape index (κ1) is 13.8. The van der Waals surface area contributed by atoms with Crippen molar-refractivity contribution in [1.82, 2.24) is 0 Å². The zero-order valence-corrected chi connectivity index (χ0v) is 15.6. The van der Waals surface area contributed by atoms with Gasteiger partial charge in [-0.05, 0) is 58.8 Å². The molecule has 4 rings (SSSR count). The average Bonchev–Trinajstić information content (AvgIpc) is 2.82. The maximum absolute atomic E-state index is 8.63. The largest absolute Gasteiger partial charge is 0.212 e. The Morgan fingerprint density at radius 2 is 1.72 bits per heavy atom. The molecule has 3 aromatic rings. The molecule has 25 heavy (non-hydrogen) atoms. The Labute approximate surface area is 153 Å². The molecule has 1 aliphatic rings. The second-order valence-electron chi connectivity index (χ2n) is 7.46. The van der Waals surface area contributed by atoms with Crippen LogP contribution in [0.25, 0.3) is 22.4 Å². The van der Waals surface area contributed by atoms with E-state index in [9.17, 15) is 0 Å². The van der Waals surface area contributed by atoms with E-state index in [1.54, 1.807) is 6.92 Å². The molecule has 0 fully saturated rings. The normalized spacial score (nSPS) is 16.0. The molecule has 0 saturated heterocycles. The summed E-state index contributed by atoms with van der Waals surface area (Å²) in [5.41, 5.74) is 8.66. The van der Waals surface area contributed by atoms with E-state index < -0.39 is 6.37 Å². The van der Waals surface area contributed by atoms with Gasteiger partial charge in [0.25, 0.3) is 0 Å². The molecule has 1 aliphatic carbocycles. The third-order valence-corrected chi connectivity index (χ3v) is 5.71. The Morgan fingerprint density at radius 1 is 1.00 bits per heavy atom. The molecule has 0 amide bonds. The van der Waals surface area contributed by atoms with Gasteiger partial charge in [-0.25, -0.2) is 4.57 Å². The number of fused-ring (bicyclic) bond motifs is 3. The summed E-state index contributed by atoms with van der Waals surface area (Å²) in [6.45, 7) is 8.24. The minimum atomic E-state index is -1.43. The molecule has 0 spiro atoms. The summed E-state index contributed by atoms with van der Waals surface area (Å²) in [4.78, 5) is 0. The molecule has 1 nitrogen and oxygen atoms in total. The lowest BCUT2D eigenvalue weighted by molar-refractivity contribution is -0.660. The Hall–Kier alpha value is -2.41. The van der Waals surface area contributed by atoms with Crippen molar-refractivity contribution in [3.05, 3.63) is 77.0 Å². The first-order valence-corrected chi connectivity index (χ1v) is 8.87. The zero-order chi connectivity index (χ0) is 19.6. The van der Waals surface area contributed by atoms with Gasteiger partial charge in [0.05, 0.1) is 0 Å². The summed E-state index contributed by atoms with van der Waals surface area (Å²) in [7, 11) is 2.04. The molecule has 0 saturated carbocycles. The van der Waals surface area contributed by atoms with E-state index in [0.717, 1.165) is 27.9 Å². The van der Waals surface area contributed by atoms with Crippen molar-refractivity contribution in [3.8, 4) is 22.4 Å². The van der Waals surface area contributed by atoms with E-state index in [-0.39, 0.29) is 5.41 Å². The van der Waals surface area contributed by atoms with E-state index in [2.05, 4.69) is 61.7 Å². The summed E-state index contributed by atoms with van der Waals surface area (Å²) in [5, 5.41) is 0. The number of aryl methyl sites for hydroxylation is 1. The van der Waals surface area contributed by atoms with Gasteiger partial charge in [0.1, 0.15) is 7.05 Å². The molecule has 0 radical (unpaired) electrons. The fraction of sp³-hybridized carbons (Fsp3) is 0.292. The fourth-order valence-electron chi connectivity index (χ4n) is 4.33. The molecular weight excluding hydrogens is 302 g/mol. The van der Waals surface area contributed by atoms with Gasteiger partial charge in [0.2, 0.25) is 5.69 Å². The molecule has 0 N–H and O–H groups in total. The van der Waals surface area contributed by atoms with Crippen LogP contribution in [0.1, 0.15) is 45.8 Å². The lowest BCUT2D eigenvalue weighted by atomic mass is 9.80. The summed E-state index contributed by atoms with van der Waals surface area (Å²) in [6.07, 6.45) is 0.618. The molecule has 0 bridgehead atoms. The van der Waals surface area contributed by atoms with Gasteiger partial charge in [-0.15, -0.1) is 0 Å². The monoisotopic (exact) mass is 330 g/mol. The van der Waals surface area contributed by atoms with Gasteiger partial charge in [-0.2, -0.15) is 0 Å². The van der Waals surface area contributed by atoms with Crippen LogP contribution in [0.2, 0.25) is 0 Å². The van der Waals surface area contributed by atoms with E-state index >= 15 is 0 Å². The maximum atomic E-state index is 8.63. The topological polar surface area (TPSA) is 3.88 Å². The number of pyridine rings is 1. The second kappa shape index (κ2) is 5.56. The van der Waals surface area contributed by atoms with Crippen molar-refractivity contribution in [2.75, 3.05) is 0 Å². The standard InChI is InChI=1S/C24H26N/c1-6-17-16(2)19(22-13-9-10-14-25(22)5)15-21-23(17)18-11-7-8-12-20(18)24(21,3)4/h7-15H,6H2,1-5H3/q+1/i6D2. The number of hydrogen-bond donors (Lipinski definition) is 0. The molecule has 0 unspecified atom stereocenters. The lowest BCUT2D eigenvalue weighted by Gasteiger charge is -2.23. The highest BCUT2D eigenvalue weighted by Crippen LogP contribution is 2.52. The highest BCUT2D eigenvalue weighted by Gasteiger charge is 2.38. The zero-order valence-electron chi connectivity index (χ0n) is 17.6. The highest BCUT2D eigenvalue weighted by atomic mass is 14.9. The Balaban J connectivity index is 2.16. The molecule has 0 atom stereocenters. The molecule has 1 aromatic heterocycles. The fourth-order valence-corrected chi connectivity index (χ4v) is 4.33. The number of aromatic nitrogens is 1. The van der Waals surface area contributed by atoms with Crippen LogP contribution in [-0.2, 0) is 18.8 Å². The van der Waals surface area contributed by atoms with E-state index in [4.69, 9.17) is 2.74 Å². The Morgan fingerprint density at radius 3 is 2.44 bits per heavy atom. The van der Waals surface area contributed by atoms with Crippen molar-refractivity contribution >= 4 is 0 Å². The summed E-state index contributed by atoms with van der Waals surface area (Å²) in [5.74, 6) is 0. The Kier molecular flexibility index (Phi) is 3.07. The summed E-state index contributed by atoms with van der Waals surface area (Å²) in [6, 6.07) is 16.9. The van der Waals surface area contributed by atoms with Crippen molar-refractivity contribution in [3.63, 3.8) is 0 Å². The molecule has 126 valence electrons. The van der Waals surface area contributed by atoms with Crippen molar-refractivity contribution in [2.24, 2.45) is 7.05 Å². The number of rotatable bonds is 2. The van der Waals surface area contributed by atoms with Gasteiger partial charge < -0.3 is 0 Å². The minimum Gasteiger partial charge on any atom is -0.201 e. The number of nitrogens with zero attached hydrogens (tertiary/aromatic N) is 1. The first-order chi connectivity index (χ1) is 12.6. The maximum Gasteiger partial charge on any atom is 0.212 e.